The van der Waals surface area contributed by atoms with Crippen molar-refractivity contribution in [1.82, 2.24) is 4.98 Å². The Balaban J connectivity index is 2.36. The number of halogens is 1. The van der Waals surface area contributed by atoms with Gasteiger partial charge in [0.25, 0.3) is 0 Å². The molecule has 0 radical (unpaired) electrons. The summed E-state index contributed by atoms with van der Waals surface area (Å²) in [4.78, 5) is 4.01. The van der Waals surface area contributed by atoms with Gasteiger partial charge in [0.05, 0.1) is 11.6 Å². The van der Waals surface area contributed by atoms with E-state index in [1.54, 1.807) is 18.2 Å². The molecule has 0 amide bonds. The van der Waals surface area contributed by atoms with Gasteiger partial charge < -0.3 is 10.5 Å². The van der Waals surface area contributed by atoms with Gasteiger partial charge in [0.2, 0.25) is 5.88 Å². The summed E-state index contributed by atoms with van der Waals surface area (Å²) < 4.78 is 5.59. The van der Waals surface area contributed by atoms with E-state index in [9.17, 15) is 0 Å². The molecule has 0 atom stereocenters. The molecule has 18 heavy (non-hydrogen) atoms. The van der Waals surface area contributed by atoms with E-state index in [-0.39, 0.29) is 5.15 Å². The molecule has 0 unspecified atom stereocenters. The number of hydrogen-bond donors (Lipinski definition) is 1. The second-order valence-corrected chi connectivity index (χ2v) is 4.14. The minimum atomic E-state index is 0.263. The number of aryl methyl sites for hydroxylation is 1. The van der Waals surface area contributed by atoms with Crippen molar-refractivity contribution in [2.75, 3.05) is 5.73 Å². The average Bonchev–Trinajstić information content (AvgIpc) is 2.30. The lowest BCUT2D eigenvalue weighted by atomic mass is 10.1. The highest BCUT2D eigenvalue weighted by molar-refractivity contribution is 6.29. The van der Waals surface area contributed by atoms with Gasteiger partial charge >= 0.3 is 0 Å². The molecular formula is C13H10ClN3O. The number of nitrogens with zero attached hydrogens (tertiary/aromatic N) is 2. The van der Waals surface area contributed by atoms with E-state index in [2.05, 4.69) is 11.1 Å². The van der Waals surface area contributed by atoms with Crippen LogP contribution in [0.5, 0.6) is 11.6 Å². The van der Waals surface area contributed by atoms with Crippen LogP contribution in [0.2, 0.25) is 5.15 Å². The van der Waals surface area contributed by atoms with Crippen LogP contribution >= 0.6 is 11.6 Å². The third-order valence-corrected chi connectivity index (χ3v) is 2.52. The normalized spacial score (nSPS) is 9.83. The van der Waals surface area contributed by atoms with Crippen molar-refractivity contribution in [3.05, 3.63) is 46.6 Å². The molecule has 4 nitrogen and oxygen atoms in total. The topological polar surface area (TPSA) is 71.9 Å². The highest BCUT2D eigenvalue weighted by atomic mass is 35.5. The molecular weight excluding hydrogens is 250 g/mol. The van der Waals surface area contributed by atoms with Crippen LogP contribution in [0.25, 0.3) is 0 Å². The van der Waals surface area contributed by atoms with Crippen molar-refractivity contribution < 1.29 is 4.74 Å². The van der Waals surface area contributed by atoms with E-state index in [4.69, 9.17) is 27.3 Å². The fraction of sp³-hybridized carbons (Fsp3) is 0.0769. The molecule has 0 aliphatic rings. The Hall–Kier alpha value is -2.25. The highest BCUT2D eigenvalue weighted by Gasteiger charge is 2.06. The monoisotopic (exact) mass is 259 g/mol. The lowest BCUT2D eigenvalue weighted by Gasteiger charge is -2.08. The number of pyridine rings is 1. The minimum absolute atomic E-state index is 0.263. The van der Waals surface area contributed by atoms with E-state index in [0.717, 1.165) is 5.56 Å². The first-order valence-corrected chi connectivity index (χ1v) is 5.58. The number of nitrogens with two attached hydrogens (primary N) is 1. The van der Waals surface area contributed by atoms with Crippen LogP contribution in [0.3, 0.4) is 0 Å². The number of nitriles is 1. The number of rotatable bonds is 2. The van der Waals surface area contributed by atoms with Crippen molar-refractivity contribution in [2.24, 2.45) is 0 Å². The van der Waals surface area contributed by atoms with Crippen LogP contribution in [-0.4, -0.2) is 4.98 Å². The van der Waals surface area contributed by atoms with Crippen LogP contribution in [0.4, 0.5) is 5.69 Å². The Morgan fingerprint density at radius 3 is 2.78 bits per heavy atom. The zero-order valence-corrected chi connectivity index (χ0v) is 10.4. The zero-order valence-electron chi connectivity index (χ0n) is 9.64. The molecule has 0 saturated heterocycles. The van der Waals surface area contributed by atoms with E-state index in [1.165, 1.54) is 6.07 Å². The largest absolute Gasteiger partial charge is 0.439 e. The lowest BCUT2D eigenvalue weighted by Crippen LogP contribution is -1.94. The van der Waals surface area contributed by atoms with Gasteiger partial charge in [-0.1, -0.05) is 17.7 Å². The molecule has 1 heterocycles. The van der Waals surface area contributed by atoms with Gasteiger partial charge in [-0.2, -0.15) is 5.26 Å². The van der Waals surface area contributed by atoms with Crippen molar-refractivity contribution in [3.8, 4) is 17.7 Å². The first-order chi connectivity index (χ1) is 8.58. The molecule has 1 aromatic heterocycles. The lowest BCUT2D eigenvalue weighted by molar-refractivity contribution is 0.460. The molecule has 2 rings (SSSR count). The van der Waals surface area contributed by atoms with E-state index in [0.29, 0.717) is 22.9 Å². The zero-order chi connectivity index (χ0) is 13.1. The second-order valence-electron chi connectivity index (χ2n) is 3.76. The number of nitrogen functional groups attached to an aromatic ring is 1. The fourth-order valence-electron chi connectivity index (χ4n) is 1.44. The van der Waals surface area contributed by atoms with Gasteiger partial charge in [0.1, 0.15) is 10.9 Å². The quantitative estimate of drug-likeness (QED) is 0.840. The summed E-state index contributed by atoms with van der Waals surface area (Å²) in [7, 11) is 0. The SMILES string of the molecule is Cc1ccc(C#N)cc1Oc1cc(N)cc(Cl)n1. The summed E-state index contributed by atoms with van der Waals surface area (Å²) in [6, 6.07) is 10.3. The number of anilines is 1. The predicted molar refractivity (Wildman–Crippen MR) is 69.6 cm³/mol. The first kappa shape index (κ1) is 12.2. The number of ether oxygens (including phenoxy) is 1. The van der Waals surface area contributed by atoms with Gasteiger partial charge in [0.15, 0.2) is 0 Å². The Bertz CT molecular complexity index is 614. The van der Waals surface area contributed by atoms with Crippen molar-refractivity contribution in [1.29, 1.82) is 5.26 Å². The molecule has 0 spiro atoms. The van der Waals surface area contributed by atoms with Crippen LogP contribution in [0.1, 0.15) is 11.1 Å². The maximum atomic E-state index is 8.84. The average molecular weight is 260 g/mol. The number of aromatic nitrogens is 1. The number of benzene rings is 1. The molecule has 0 bridgehead atoms. The van der Waals surface area contributed by atoms with Gasteiger partial charge in [0, 0.05) is 11.8 Å². The Morgan fingerprint density at radius 2 is 2.11 bits per heavy atom. The molecule has 1 aromatic carbocycles. The molecule has 0 aliphatic heterocycles. The standard InChI is InChI=1S/C13H10ClN3O/c1-8-2-3-9(7-15)4-11(8)18-13-6-10(16)5-12(14)17-13/h2-6H,1H3,(H2,16,17). The third-order valence-electron chi connectivity index (χ3n) is 2.32. The Kier molecular flexibility index (Phi) is 3.35. The van der Waals surface area contributed by atoms with Crippen molar-refractivity contribution in [2.45, 2.75) is 6.92 Å². The maximum absolute atomic E-state index is 8.84. The van der Waals surface area contributed by atoms with Crippen LogP contribution in [0, 0.1) is 18.3 Å². The maximum Gasteiger partial charge on any atom is 0.222 e. The van der Waals surface area contributed by atoms with E-state index in [1.807, 2.05) is 13.0 Å². The molecule has 2 aromatic rings. The summed E-state index contributed by atoms with van der Waals surface area (Å²) in [5, 5.41) is 9.11. The van der Waals surface area contributed by atoms with Crippen LogP contribution in [0.15, 0.2) is 30.3 Å². The molecule has 0 saturated carbocycles. The molecule has 2 N–H and O–H groups in total. The van der Waals surface area contributed by atoms with E-state index >= 15 is 0 Å². The summed E-state index contributed by atoms with van der Waals surface area (Å²) in [6.07, 6.45) is 0. The van der Waals surface area contributed by atoms with Crippen molar-refractivity contribution in [3.63, 3.8) is 0 Å². The molecule has 0 fully saturated rings. The fourth-order valence-corrected chi connectivity index (χ4v) is 1.65. The van der Waals surface area contributed by atoms with Gasteiger partial charge in [-0.15, -0.1) is 0 Å². The van der Waals surface area contributed by atoms with Crippen molar-refractivity contribution >= 4 is 17.3 Å². The highest BCUT2D eigenvalue weighted by Crippen LogP contribution is 2.27. The third kappa shape index (κ3) is 2.70. The van der Waals surface area contributed by atoms with Gasteiger partial charge in [-0.25, -0.2) is 4.98 Å². The van der Waals surface area contributed by atoms with Crippen LogP contribution < -0.4 is 10.5 Å². The predicted octanol–water partition coefficient (Wildman–Crippen LogP) is 3.29. The molecule has 5 heteroatoms. The first-order valence-electron chi connectivity index (χ1n) is 5.20. The smallest absolute Gasteiger partial charge is 0.222 e. The summed E-state index contributed by atoms with van der Waals surface area (Å²) in [5.41, 5.74) is 7.54. The Labute approximate surface area is 110 Å². The van der Waals surface area contributed by atoms with Gasteiger partial charge in [-0.05, 0) is 30.7 Å². The Morgan fingerprint density at radius 1 is 1.33 bits per heavy atom. The molecule has 90 valence electrons. The summed E-state index contributed by atoms with van der Waals surface area (Å²) in [5.74, 6) is 0.862. The molecule has 0 aliphatic carbocycles. The van der Waals surface area contributed by atoms with E-state index < -0.39 is 0 Å². The number of hydrogen-bond acceptors (Lipinski definition) is 4. The summed E-state index contributed by atoms with van der Waals surface area (Å²) in [6.45, 7) is 1.88. The minimum Gasteiger partial charge on any atom is -0.439 e. The van der Waals surface area contributed by atoms with Gasteiger partial charge in [-0.3, -0.25) is 0 Å². The summed E-state index contributed by atoms with van der Waals surface area (Å²) >= 11 is 5.79. The van der Waals surface area contributed by atoms with Crippen LogP contribution in [-0.2, 0) is 0 Å². The second kappa shape index (κ2) is 4.94.